The highest BCUT2D eigenvalue weighted by atomic mass is 19.4. The molecule has 2 unspecified atom stereocenters. The number of nitrogens with zero attached hydrogens (tertiary/aromatic N) is 1. The Morgan fingerprint density at radius 2 is 1.61 bits per heavy atom. The standard InChI is InChI=1S/C13H16F6N2O2/c14-12(15,16)9-4-3-8(20-11(23)13(17,18)19)6-21(9)10(22)5-7-1-2-7/h7-9H,1-6H2,(H,20,23). The molecule has 4 nitrogen and oxygen atoms in total. The van der Waals surface area contributed by atoms with Crippen LogP contribution < -0.4 is 5.32 Å². The Labute approximate surface area is 128 Å². The average Bonchev–Trinajstić information content (AvgIpc) is 3.20. The van der Waals surface area contributed by atoms with E-state index in [9.17, 15) is 35.9 Å². The van der Waals surface area contributed by atoms with Gasteiger partial charge in [0.2, 0.25) is 5.91 Å². The van der Waals surface area contributed by atoms with E-state index in [0.717, 1.165) is 12.8 Å². The van der Waals surface area contributed by atoms with Gasteiger partial charge in [0.25, 0.3) is 0 Å². The van der Waals surface area contributed by atoms with Gasteiger partial charge < -0.3 is 10.2 Å². The van der Waals surface area contributed by atoms with Crippen molar-refractivity contribution in [1.82, 2.24) is 10.2 Å². The zero-order valence-electron chi connectivity index (χ0n) is 12.0. The molecule has 2 atom stereocenters. The number of piperidine rings is 1. The Morgan fingerprint density at radius 3 is 2.09 bits per heavy atom. The Hall–Kier alpha value is -1.48. The molecule has 0 spiro atoms. The van der Waals surface area contributed by atoms with Crippen LogP contribution in [-0.2, 0) is 9.59 Å². The van der Waals surface area contributed by atoms with Crippen LogP contribution in [-0.4, -0.2) is 47.7 Å². The van der Waals surface area contributed by atoms with E-state index in [-0.39, 0.29) is 18.8 Å². The van der Waals surface area contributed by atoms with Crippen LogP contribution in [0.3, 0.4) is 0 Å². The van der Waals surface area contributed by atoms with Gasteiger partial charge in [-0.05, 0) is 31.6 Å². The molecule has 1 aliphatic heterocycles. The van der Waals surface area contributed by atoms with Gasteiger partial charge in [0, 0.05) is 19.0 Å². The molecule has 1 saturated carbocycles. The molecule has 0 aromatic rings. The molecule has 2 fully saturated rings. The van der Waals surface area contributed by atoms with Crippen molar-refractivity contribution in [2.24, 2.45) is 5.92 Å². The minimum absolute atomic E-state index is 0.0352. The van der Waals surface area contributed by atoms with Crippen molar-refractivity contribution >= 4 is 11.8 Å². The summed E-state index contributed by atoms with van der Waals surface area (Å²) in [4.78, 5) is 23.5. The summed E-state index contributed by atoms with van der Waals surface area (Å²) in [5.74, 6) is -2.87. The van der Waals surface area contributed by atoms with Crippen molar-refractivity contribution in [3.05, 3.63) is 0 Å². The first-order valence-corrected chi connectivity index (χ1v) is 7.22. The summed E-state index contributed by atoms with van der Waals surface area (Å²) in [5, 5.41) is 1.66. The fraction of sp³-hybridized carbons (Fsp3) is 0.846. The highest BCUT2D eigenvalue weighted by Gasteiger charge is 2.49. The van der Waals surface area contributed by atoms with Crippen LogP contribution in [0.5, 0.6) is 0 Å². The van der Waals surface area contributed by atoms with Gasteiger partial charge in [0.05, 0.1) is 0 Å². The van der Waals surface area contributed by atoms with Crippen LogP contribution >= 0.6 is 0 Å². The molecule has 2 aliphatic rings. The molecule has 0 aromatic carbocycles. The molecule has 23 heavy (non-hydrogen) atoms. The second-order valence-electron chi connectivity index (χ2n) is 6.00. The van der Waals surface area contributed by atoms with Crippen LogP contribution in [0.1, 0.15) is 32.1 Å². The summed E-state index contributed by atoms with van der Waals surface area (Å²) in [6.07, 6.45) is -9.04. The topological polar surface area (TPSA) is 49.4 Å². The van der Waals surface area contributed by atoms with Crippen molar-refractivity contribution in [1.29, 1.82) is 0 Å². The summed E-state index contributed by atoms with van der Waals surface area (Å²) in [6, 6.07) is -3.14. The van der Waals surface area contributed by atoms with Gasteiger partial charge in [-0.2, -0.15) is 26.3 Å². The third-order valence-electron chi connectivity index (χ3n) is 4.03. The molecule has 132 valence electrons. The van der Waals surface area contributed by atoms with Gasteiger partial charge in [-0.25, -0.2) is 0 Å². The predicted molar refractivity (Wildman–Crippen MR) is 66.1 cm³/mol. The monoisotopic (exact) mass is 346 g/mol. The zero-order chi connectivity index (χ0) is 17.4. The lowest BCUT2D eigenvalue weighted by Crippen LogP contribution is -2.59. The molecule has 0 radical (unpaired) electrons. The first kappa shape index (κ1) is 17.9. The number of nitrogens with one attached hydrogen (secondary N) is 1. The Balaban J connectivity index is 2.05. The number of likely N-dealkylation sites (tertiary alicyclic amines) is 1. The smallest absolute Gasteiger partial charge is 0.344 e. The van der Waals surface area contributed by atoms with Gasteiger partial charge in [0.15, 0.2) is 0 Å². The number of hydrogen-bond acceptors (Lipinski definition) is 2. The van der Waals surface area contributed by atoms with Crippen LogP contribution in [0.4, 0.5) is 26.3 Å². The lowest BCUT2D eigenvalue weighted by Gasteiger charge is -2.40. The maximum absolute atomic E-state index is 13.0. The van der Waals surface area contributed by atoms with Crippen LogP contribution in [0.25, 0.3) is 0 Å². The number of carbonyl (C=O) groups is 2. The van der Waals surface area contributed by atoms with E-state index in [1.54, 1.807) is 5.32 Å². The number of hydrogen-bond donors (Lipinski definition) is 1. The Bertz CT molecular complexity index is 472. The van der Waals surface area contributed by atoms with Crippen LogP contribution in [0.2, 0.25) is 0 Å². The maximum Gasteiger partial charge on any atom is 0.471 e. The summed E-state index contributed by atoms with van der Waals surface area (Å²) < 4.78 is 75.8. The molecule has 1 heterocycles. The second-order valence-corrected chi connectivity index (χ2v) is 6.00. The summed E-state index contributed by atoms with van der Waals surface area (Å²) in [7, 11) is 0. The summed E-state index contributed by atoms with van der Waals surface area (Å²) >= 11 is 0. The van der Waals surface area contributed by atoms with E-state index in [1.807, 2.05) is 0 Å². The summed E-state index contributed by atoms with van der Waals surface area (Å²) in [6.45, 7) is -0.558. The lowest BCUT2D eigenvalue weighted by molar-refractivity contribution is -0.198. The number of rotatable bonds is 3. The van der Waals surface area contributed by atoms with Crippen molar-refractivity contribution in [3.8, 4) is 0 Å². The number of halogens is 6. The maximum atomic E-state index is 13.0. The number of carbonyl (C=O) groups excluding carboxylic acids is 2. The third kappa shape index (κ3) is 4.74. The second kappa shape index (κ2) is 6.20. The molecule has 1 aliphatic carbocycles. The Morgan fingerprint density at radius 1 is 1.00 bits per heavy atom. The minimum Gasteiger partial charge on any atom is -0.344 e. The normalized spacial score (nSPS) is 26.1. The van der Waals surface area contributed by atoms with E-state index >= 15 is 0 Å². The molecule has 1 N–H and O–H groups in total. The fourth-order valence-corrected chi connectivity index (χ4v) is 2.66. The largest absolute Gasteiger partial charge is 0.471 e. The van der Waals surface area contributed by atoms with Crippen molar-refractivity contribution in [2.75, 3.05) is 6.54 Å². The summed E-state index contributed by atoms with van der Waals surface area (Å²) in [5.41, 5.74) is 0. The molecule has 1 saturated heterocycles. The van der Waals surface area contributed by atoms with Gasteiger partial charge in [-0.15, -0.1) is 0 Å². The zero-order valence-corrected chi connectivity index (χ0v) is 12.0. The van der Waals surface area contributed by atoms with Gasteiger partial charge in [-0.3, -0.25) is 9.59 Å². The van der Waals surface area contributed by atoms with E-state index in [2.05, 4.69) is 0 Å². The highest BCUT2D eigenvalue weighted by molar-refractivity contribution is 5.82. The first-order valence-electron chi connectivity index (χ1n) is 7.22. The van der Waals surface area contributed by atoms with E-state index in [1.165, 1.54) is 0 Å². The van der Waals surface area contributed by atoms with Crippen molar-refractivity contribution in [2.45, 2.75) is 56.5 Å². The minimum atomic E-state index is -5.11. The molecule has 2 rings (SSSR count). The molecule has 2 amide bonds. The lowest BCUT2D eigenvalue weighted by atomic mass is 9.96. The predicted octanol–water partition coefficient (Wildman–Crippen LogP) is 2.39. The average molecular weight is 346 g/mol. The number of alkyl halides is 6. The van der Waals surface area contributed by atoms with Gasteiger partial charge >= 0.3 is 18.3 Å². The van der Waals surface area contributed by atoms with E-state index < -0.39 is 49.2 Å². The van der Waals surface area contributed by atoms with Gasteiger partial charge in [0.1, 0.15) is 6.04 Å². The highest BCUT2D eigenvalue weighted by Crippen LogP contribution is 2.36. The van der Waals surface area contributed by atoms with E-state index in [0.29, 0.717) is 4.90 Å². The van der Waals surface area contributed by atoms with E-state index in [4.69, 9.17) is 0 Å². The molecular formula is C13H16F6N2O2. The number of amides is 2. The SMILES string of the molecule is O=C(CC1CC1)N1CC(NC(=O)C(F)(F)F)CCC1C(F)(F)F. The molecule has 0 aromatic heterocycles. The fourth-order valence-electron chi connectivity index (χ4n) is 2.66. The van der Waals surface area contributed by atoms with Crippen LogP contribution in [0.15, 0.2) is 0 Å². The van der Waals surface area contributed by atoms with Crippen molar-refractivity contribution in [3.63, 3.8) is 0 Å². The molecular weight excluding hydrogens is 330 g/mol. The van der Waals surface area contributed by atoms with Crippen molar-refractivity contribution < 1.29 is 35.9 Å². The molecule has 10 heteroatoms. The molecule has 0 bridgehead atoms. The first-order chi connectivity index (χ1) is 10.5. The van der Waals surface area contributed by atoms with Crippen LogP contribution in [0, 0.1) is 5.92 Å². The van der Waals surface area contributed by atoms with Gasteiger partial charge in [-0.1, -0.05) is 0 Å². The quantitative estimate of drug-likeness (QED) is 0.798. The third-order valence-corrected chi connectivity index (χ3v) is 4.03. The Kier molecular flexibility index (Phi) is 4.81.